The lowest BCUT2D eigenvalue weighted by Gasteiger charge is -2.20. The van der Waals surface area contributed by atoms with E-state index in [-0.39, 0.29) is 33.8 Å². The molecule has 4 heteroatoms. The Morgan fingerprint density at radius 1 is 0.900 bits per heavy atom. The minimum atomic E-state index is -0.916. The van der Waals surface area contributed by atoms with Crippen molar-refractivity contribution in [3.8, 4) is 5.75 Å². The fourth-order valence-corrected chi connectivity index (χ4v) is 2.52. The van der Waals surface area contributed by atoms with Crippen LogP contribution in [0.1, 0.15) is 50.4 Å². The van der Waals surface area contributed by atoms with Crippen LogP contribution in [0.15, 0.2) is 36.4 Å². The minimum absolute atomic E-state index is 0.0212. The highest BCUT2D eigenvalue weighted by Gasteiger charge is 2.33. The van der Waals surface area contributed by atoms with Crippen LogP contribution in [0.2, 0.25) is 0 Å². The number of ketones is 2. The van der Waals surface area contributed by atoms with Crippen molar-refractivity contribution in [2.45, 2.75) is 13.0 Å². The highest BCUT2D eigenvalue weighted by atomic mass is 16.3. The first kappa shape index (κ1) is 12.6. The predicted octanol–water partition coefficient (Wildman–Crippen LogP) is 2.22. The number of benzene rings is 2. The molecule has 0 heterocycles. The van der Waals surface area contributed by atoms with Crippen LogP contribution in [0.5, 0.6) is 5.75 Å². The largest absolute Gasteiger partial charge is 0.507 e. The third-order valence-corrected chi connectivity index (χ3v) is 3.55. The molecule has 0 radical (unpaired) electrons. The summed E-state index contributed by atoms with van der Waals surface area (Å²) in [7, 11) is 0. The normalized spacial score (nSPS) is 14.7. The van der Waals surface area contributed by atoms with Gasteiger partial charge in [-0.05, 0) is 13.0 Å². The van der Waals surface area contributed by atoms with E-state index in [2.05, 4.69) is 0 Å². The van der Waals surface area contributed by atoms with Gasteiger partial charge in [0.25, 0.3) is 0 Å². The summed E-state index contributed by atoms with van der Waals surface area (Å²) in [5, 5.41) is 19.8. The summed E-state index contributed by atoms with van der Waals surface area (Å²) in [6.07, 6.45) is -0.916. The van der Waals surface area contributed by atoms with E-state index in [1.807, 2.05) is 0 Å². The van der Waals surface area contributed by atoms with Gasteiger partial charge in [-0.2, -0.15) is 0 Å². The topological polar surface area (TPSA) is 74.6 Å². The number of hydrogen-bond acceptors (Lipinski definition) is 4. The highest BCUT2D eigenvalue weighted by molar-refractivity contribution is 6.29. The number of aromatic hydroxyl groups is 1. The summed E-state index contributed by atoms with van der Waals surface area (Å²) < 4.78 is 0. The zero-order chi connectivity index (χ0) is 14.4. The SMILES string of the molecule is CC(O)c1ccc2c(c1O)C(=O)c1ccccc1C2=O. The van der Waals surface area contributed by atoms with Gasteiger partial charge < -0.3 is 10.2 Å². The van der Waals surface area contributed by atoms with Crippen LogP contribution in [0.3, 0.4) is 0 Å². The lowest BCUT2D eigenvalue weighted by molar-refractivity contribution is 0.0975. The van der Waals surface area contributed by atoms with Crippen LogP contribution in [0.25, 0.3) is 0 Å². The molecule has 100 valence electrons. The third-order valence-electron chi connectivity index (χ3n) is 3.55. The zero-order valence-corrected chi connectivity index (χ0v) is 10.8. The van der Waals surface area contributed by atoms with Gasteiger partial charge in [0.15, 0.2) is 11.6 Å². The van der Waals surface area contributed by atoms with Gasteiger partial charge in [-0.3, -0.25) is 9.59 Å². The number of hydrogen-bond donors (Lipinski definition) is 2. The van der Waals surface area contributed by atoms with Gasteiger partial charge in [0.2, 0.25) is 0 Å². The third kappa shape index (κ3) is 1.58. The van der Waals surface area contributed by atoms with Crippen molar-refractivity contribution < 1.29 is 19.8 Å². The van der Waals surface area contributed by atoms with Gasteiger partial charge in [-0.15, -0.1) is 0 Å². The van der Waals surface area contributed by atoms with Crippen LogP contribution in [0.4, 0.5) is 0 Å². The summed E-state index contributed by atoms with van der Waals surface area (Å²) in [6.45, 7) is 1.49. The van der Waals surface area contributed by atoms with Crippen molar-refractivity contribution >= 4 is 11.6 Å². The second kappa shape index (κ2) is 4.28. The number of carbonyl (C=O) groups excluding carboxylic acids is 2. The fraction of sp³-hybridized carbons (Fsp3) is 0.125. The standard InChI is InChI=1S/C16H12O4/c1-8(17)9-6-7-12-13(15(9)19)16(20)11-5-3-2-4-10(11)14(12)18/h2-8,17,19H,1H3. The molecule has 0 bridgehead atoms. The van der Waals surface area contributed by atoms with Crippen LogP contribution in [0, 0.1) is 0 Å². The lowest BCUT2D eigenvalue weighted by atomic mass is 9.82. The number of aliphatic hydroxyl groups excluding tert-OH is 1. The average Bonchev–Trinajstić information content (AvgIpc) is 2.44. The van der Waals surface area contributed by atoms with E-state index in [1.54, 1.807) is 24.3 Å². The lowest BCUT2D eigenvalue weighted by Crippen LogP contribution is -2.21. The molecule has 1 atom stereocenters. The van der Waals surface area contributed by atoms with E-state index >= 15 is 0 Å². The molecule has 0 aromatic heterocycles. The first-order valence-electron chi connectivity index (χ1n) is 6.24. The number of aliphatic hydroxyl groups is 1. The predicted molar refractivity (Wildman–Crippen MR) is 72.0 cm³/mol. The molecule has 20 heavy (non-hydrogen) atoms. The highest BCUT2D eigenvalue weighted by Crippen LogP contribution is 2.36. The number of phenols is 1. The Kier molecular flexibility index (Phi) is 2.69. The number of fused-ring (bicyclic) bond motifs is 2. The van der Waals surface area contributed by atoms with Crippen LogP contribution < -0.4 is 0 Å². The Morgan fingerprint density at radius 3 is 2.10 bits per heavy atom. The van der Waals surface area contributed by atoms with Gasteiger partial charge in [-0.1, -0.05) is 30.3 Å². The maximum Gasteiger partial charge on any atom is 0.198 e. The molecule has 2 N–H and O–H groups in total. The first-order valence-corrected chi connectivity index (χ1v) is 6.24. The molecule has 0 amide bonds. The Balaban J connectivity index is 2.31. The van der Waals surface area contributed by atoms with Crippen molar-refractivity contribution in [2.24, 2.45) is 0 Å². The van der Waals surface area contributed by atoms with Crippen molar-refractivity contribution in [2.75, 3.05) is 0 Å². The molecule has 1 aliphatic carbocycles. The molecular weight excluding hydrogens is 256 g/mol. The van der Waals surface area contributed by atoms with Crippen molar-refractivity contribution in [3.05, 3.63) is 64.2 Å². The second-order valence-corrected chi connectivity index (χ2v) is 4.81. The van der Waals surface area contributed by atoms with Gasteiger partial charge in [-0.25, -0.2) is 0 Å². The Bertz CT molecular complexity index is 744. The molecule has 1 aliphatic rings. The molecule has 2 aromatic carbocycles. The second-order valence-electron chi connectivity index (χ2n) is 4.81. The molecule has 0 saturated heterocycles. The summed E-state index contributed by atoms with van der Waals surface area (Å²) in [5.74, 6) is -0.997. The summed E-state index contributed by atoms with van der Waals surface area (Å²) in [5.41, 5.74) is 1.02. The van der Waals surface area contributed by atoms with E-state index in [1.165, 1.54) is 19.1 Å². The smallest absolute Gasteiger partial charge is 0.198 e. The summed E-state index contributed by atoms with van der Waals surface area (Å²) in [6, 6.07) is 9.47. The van der Waals surface area contributed by atoms with E-state index in [4.69, 9.17) is 0 Å². The van der Waals surface area contributed by atoms with Crippen LogP contribution >= 0.6 is 0 Å². The van der Waals surface area contributed by atoms with E-state index in [9.17, 15) is 19.8 Å². The maximum absolute atomic E-state index is 12.5. The van der Waals surface area contributed by atoms with Crippen LogP contribution in [-0.4, -0.2) is 21.8 Å². The van der Waals surface area contributed by atoms with Crippen LogP contribution in [-0.2, 0) is 0 Å². The van der Waals surface area contributed by atoms with Gasteiger partial charge in [0, 0.05) is 22.3 Å². The number of carbonyl (C=O) groups is 2. The van der Waals surface area contributed by atoms with Gasteiger partial charge in [0.05, 0.1) is 11.7 Å². The summed E-state index contributed by atoms with van der Waals surface area (Å²) in [4.78, 5) is 24.8. The Morgan fingerprint density at radius 2 is 1.50 bits per heavy atom. The zero-order valence-electron chi connectivity index (χ0n) is 10.8. The fourth-order valence-electron chi connectivity index (χ4n) is 2.52. The molecule has 4 nitrogen and oxygen atoms in total. The average molecular weight is 268 g/mol. The molecule has 1 unspecified atom stereocenters. The minimum Gasteiger partial charge on any atom is -0.507 e. The Hall–Kier alpha value is -2.46. The first-order chi connectivity index (χ1) is 9.52. The molecule has 3 rings (SSSR count). The number of rotatable bonds is 1. The molecule has 0 saturated carbocycles. The maximum atomic E-state index is 12.5. The monoisotopic (exact) mass is 268 g/mol. The molecular formula is C16H12O4. The van der Waals surface area contributed by atoms with Gasteiger partial charge >= 0.3 is 0 Å². The van der Waals surface area contributed by atoms with Gasteiger partial charge in [0.1, 0.15) is 5.75 Å². The van der Waals surface area contributed by atoms with E-state index in [0.29, 0.717) is 5.56 Å². The summed E-state index contributed by atoms with van der Waals surface area (Å²) >= 11 is 0. The quantitative estimate of drug-likeness (QED) is 0.709. The van der Waals surface area contributed by atoms with Crippen molar-refractivity contribution in [1.82, 2.24) is 0 Å². The van der Waals surface area contributed by atoms with E-state index < -0.39 is 11.9 Å². The van der Waals surface area contributed by atoms with Crippen molar-refractivity contribution in [1.29, 1.82) is 0 Å². The van der Waals surface area contributed by atoms with E-state index in [0.717, 1.165) is 0 Å². The molecule has 0 aliphatic heterocycles. The molecule has 0 spiro atoms. The van der Waals surface area contributed by atoms with Crippen molar-refractivity contribution in [3.63, 3.8) is 0 Å². The Labute approximate surface area is 115 Å². The molecule has 0 fully saturated rings. The molecule has 2 aromatic rings. The number of phenolic OH excluding ortho intramolecular Hbond substituents is 1.